The van der Waals surface area contributed by atoms with Crippen LogP contribution in [0.15, 0.2) is 12.2 Å². The van der Waals surface area contributed by atoms with Gasteiger partial charge in [0.15, 0.2) is 0 Å². The molecule has 1 aliphatic rings. The summed E-state index contributed by atoms with van der Waals surface area (Å²) in [6, 6.07) is 0. The minimum absolute atomic E-state index is 0.0924. The second-order valence-electron chi connectivity index (χ2n) is 2.88. The van der Waals surface area contributed by atoms with E-state index in [9.17, 15) is 19.8 Å². The first-order chi connectivity index (χ1) is 6.02. The monoisotopic (exact) mass is 184 g/mol. The van der Waals surface area contributed by atoms with Crippen molar-refractivity contribution in [3.63, 3.8) is 0 Å². The molecule has 13 heavy (non-hydrogen) atoms. The predicted octanol–water partition coefficient (Wildman–Crippen LogP) is -2.55. The highest BCUT2D eigenvalue weighted by atomic mass is 16.6. The third-order valence-electron chi connectivity index (χ3n) is 1.87. The molecule has 0 radical (unpaired) electrons. The van der Waals surface area contributed by atoms with Crippen molar-refractivity contribution >= 4 is 11.9 Å². The largest absolute Gasteiger partial charge is 0.549 e. The second kappa shape index (κ2) is 3.57. The Balaban J connectivity index is 2.59. The van der Waals surface area contributed by atoms with E-state index in [0.29, 0.717) is 6.61 Å². The average molecular weight is 184 g/mol. The molecule has 1 rings (SSSR count). The topological polar surface area (TPSA) is 92.8 Å². The summed E-state index contributed by atoms with van der Waals surface area (Å²) in [4.78, 5) is 20.8. The van der Waals surface area contributed by atoms with Gasteiger partial charge in [-0.05, 0) is 12.0 Å². The summed E-state index contributed by atoms with van der Waals surface area (Å²) in [6.45, 7) is 3.58. The molecule has 0 N–H and O–H groups in total. The minimum Gasteiger partial charge on any atom is -0.549 e. The fourth-order valence-corrected chi connectivity index (χ4v) is 0.990. The van der Waals surface area contributed by atoms with E-state index in [1.807, 2.05) is 0 Å². The van der Waals surface area contributed by atoms with Crippen molar-refractivity contribution in [1.82, 2.24) is 0 Å². The second-order valence-corrected chi connectivity index (χ2v) is 2.88. The van der Waals surface area contributed by atoms with Gasteiger partial charge in [-0.25, -0.2) is 0 Å². The molecule has 0 aromatic carbocycles. The number of hydrogen-bond acceptors (Lipinski definition) is 5. The maximum atomic E-state index is 10.5. The van der Waals surface area contributed by atoms with Crippen molar-refractivity contribution in [2.75, 3.05) is 6.61 Å². The highest BCUT2D eigenvalue weighted by Crippen LogP contribution is 2.23. The first-order valence-corrected chi connectivity index (χ1v) is 3.75. The molecule has 5 nitrogen and oxygen atoms in total. The molecule has 1 heterocycles. The molecule has 1 fully saturated rings. The molecule has 0 amide bonds. The molecule has 0 bridgehead atoms. The average Bonchev–Trinajstić information content (AvgIpc) is 2.81. The van der Waals surface area contributed by atoms with E-state index in [1.54, 1.807) is 0 Å². The van der Waals surface area contributed by atoms with Gasteiger partial charge in [-0.15, -0.1) is 0 Å². The number of carboxylic acids is 2. The van der Waals surface area contributed by atoms with Crippen LogP contribution in [-0.2, 0) is 14.3 Å². The van der Waals surface area contributed by atoms with Crippen LogP contribution in [-0.4, -0.2) is 24.6 Å². The van der Waals surface area contributed by atoms with E-state index >= 15 is 0 Å². The van der Waals surface area contributed by atoms with Crippen LogP contribution in [0.25, 0.3) is 0 Å². The van der Waals surface area contributed by atoms with E-state index in [2.05, 4.69) is 6.58 Å². The smallest absolute Gasteiger partial charge is 0.0819 e. The van der Waals surface area contributed by atoms with Gasteiger partial charge in [0.05, 0.1) is 18.7 Å². The van der Waals surface area contributed by atoms with Gasteiger partial charge < -0.3 is 24.5 Å². The molecule has 2 atom stereocenters. The van der Waals surface area contributed by atoms with Crippen LogP contribution in [0.3, 0.4) is 0 Å². The predicted molar refractivity (Wildman–Crippen MR) is 37.0 cm³/mol. The lowest BCUT2D eigenvalue weighted by Gasteiger charge is -2.20. The summed E-state index contributed by atoms with van der Waals surface area (Å²) in [5.41, 5.74) is -0.462. The molecular weight excluding hydrogens is 176 g/mol. The molecule has 0 saturated carbocycles. The molecule has 0 aliphatic carbocycles. The quantitative estimate of drug-likeness (QED) is 0.346. The molecule has 72 valence electrons. The van der Waals surface area contributed by atoms with Crippen molar-refractivity contribution in [2.24, 2.45) is 5.92 Å². The van der Waals surface area contributed by atoms with Crippen LogP contribution in [0, 0.1) is 5.92 Å². The minimum atomic E-state index is -1.56. The molecule has 0 aromatic rings. The Labute approximate surface area is 74.6 Å². The van der Waals surface area contributed by atoms with Crippen molar-refractivity contribution in [3.05, 3.63) is 12.2 Å². The van der Waals surface area contributed by atoms with E-state index in [-0.39, 0.29) is 12.5 Å². The van der Waals surface area contributed by atoms with E-state index in [1.165, 1.54) is 0 Å². The van der Waals surface area contributed by atoms with Crippen molar-refractivity contribution in [1.29, 1.82) is 0 Å². The number of carboxylic acid groups (broad SMARTS) is 2. The fourth-order valence-electron chi connectivity index (χ4n) is 0.990. The summed E-state index contributed by atoms with van der Waals surface area (Å²) in [7, 11) is 0. The van der Waals surface area contributed by atoms with E-state index in [0.717, 1.165) is 0 Å². The summed E-state index contributed by atoms with van der Waals surface area (Å²) in [5, 5.41) is 20.8. The van der Waals surface area contributed by atoms with Gasteiger partial charge in [0.2, 0.25) is 0 Å². The van der Waals surface area contributed by atoms with E-state index in [4.69, 9.17) is 4.74 Å². The Morgan fingerprint density at radius 2 is 2.08 bits per heavy atom. The van der Waals surface area contributed by atoms with Gasteiger partial charge in [-0.1, -0.05) is 6.58 Å². The summed E-state index contributed by atoms with van der Waals surface area (Å²) in [5.74, 6) is -4.22. The molecule has 1 aliphatic heterocycles. The molecule has 0 aromatic heterocycles. The number of rotatable bonds is 5. The van der Waals surface area contributed by atoms with Crippen LogP contribution in [0.1, 0.15) is 6.42 Å². The Hall–Kier alpha value is -1.36. The van der Waals surface area contributed by atoms with Gasteiger partial charge in [0, 0.05) is 11.9 Å². The zero-order valence-electron chi connectivity index (χ0n) is 6.82. The third kappa shape index (κ3) is 2.55. The van der Waals surface area contributed by atoms with Crippen molar-refractivity contribution in [3.8, 4) is 0 Å². The molecule has 2 unspecified atom stereocenters. The van der Waals surface area contributed by atoms with Crippen molar-refractivity contribution < 1.29 is 24.5 Å². The number of ether oxygens (including phenoxy) is 1. The maximum absolute atomic E-state index is 10.5. The lowest BCUT2D eigenvalue weighted by atomic mass is 9.95. The van der Waals surface area contributed by atoms with Crippen molar-refractivity contribution in [2.45, 2.75) is 12.5 Å². The Bertz CT molecular complexity index is 253. The first-order valence-electron chi connectivity index (χ1n) is 3.75. The lowest BCUT2D eigenvalue weighted by Crippen LogP contribution is -2.38. The third-order valence-corrected chi connectivity index (χ3v) is 1.87. The lowest BCUT2D eigenvalue weighted by molar-refractivity contribution is -0.315. The zero-order valence-corrected chi connectivity index (χ0v) is 6.82. The van der Waals surface area contributed by atoms with Gasteiger partial charge in [-0.3, -0.25) is 0 Å². The summed E-state index contributed by atoms with van der Waals surface area (Å²) in [6.07, 6.45) is -0.0891. The number of aliphatic carboxylic acids is 2. The maximum Gasteiger partial charge on any atom is 0.0819 e. The molecular formula is C8H8O5-2. The van der Waals surface area contributed by atoms with Gasteiger partial charge in [0.1, 0.15) is 0 Å². The zero-order chi connectivity index (χ0) is 10.0. The van der Waals surface area contributed by atoms with Crippen LogP contribution in [0.5, 0.6) is 0 Å². The van der Waals surface area contributed by atoms with Gasteiger partial charge in [0.25, 0.3) is 0 Å². The van der Waals surface area contributed by atoms with Crippen LogP contribution >= 0.6 is 0 Å². The molecule has 1 saturated heterocycles. The molecule has 0 spiro atoms. The summed E-state index contributed by atoms with van der Waals surface area (Å²) >= 11 is 0. The van der Waals surface area contributed by atoms with Crippen LogP contribution in [0.4, 0.5) is 0 Å². The van der Waals surface area contributed by atoms with Gasteiger partial charge >= 0.3 is 0 Å². The van der Waals surface area contributed by atoms with E-state index < -0.39 is 23.4 Å². The Morgan fingerprint density at radius 1 is 1.54 bits per heavy atom. The fraction of sp³-hybridized carbons (Fsp3) is 0.500. The molecule has 5 heteroatoms. The Morgan fingerprint density at radius 3 is 2.38 bits per heavy atom. The standard InChI is InChI=1S/C8H10O5/c1-4(7(9)10)6(8(11)12)2-5-3-13-5/h5-6H,1-3H2,(H,9,10)(H,11,12)/p-2. The number of epoxide rings is 1. The summed E-state index contributed by atoms with van der Waals surface area (Å²) < 4.78 is 4.77. The SMILES string of the molecule is C=C(C(=O)[O-])C(CC1CO1)C(=O)[O-]. The number of hydrogen-bond donors (Lipinski definition) is 0. The van der Waals surface area contributed by atoms with Crippen LogP contribution < -0.4 is 10.2 Å². The van der Waals surface area contributed by atoms with Gasteiger partial charge in [-0.2, -0.15) is 0 Å². The Kier molecular flexibility index (Phi) is 2.67. The normalized spacial score (nSPS) is 22.0. The highest BCUT2D eigenvalue weighted by Gasteiger charge is 2.28. The number of carbonyl (C=O) groups is 2. The van der Waals surface area contributed by atoms with Crippen LogP contribution in [0.2, 0.25) is 0 Å². The highest BCUT2D eigenvalue weighted by molar-refractivity contribution is 5.91. The first kappa shape index (κ1) is 9.73. The number of carbonyl (C=O) groups excluding carboxylic acids is 2.